The first kappa shape index (κ1) is 11.1. The molecule has 0 atom stereocenters. The number of aliphatic hydroxyl groups excluding tert-OH is 1. The van der Waals surface area contributed by atoms with Gasteiger partial charge in [-0.3, -0.25) is 9.58 Å². The van der Waals surface area contributed by atoms with Crippen molar-refractivity contribution in [3.05, 3.63) is 11.9 Å². The smallest absolute Gasteiger partial charge is 0.0967 e. The van der Waals surface area contributed by atoms with E-state index in [4.69, 9.17) is 5.11 Å². The van der Waals surface area contributed by atoms with Crippen LogP contribution < -0.4 is 0 Å². The van der Waals surface area contributed by atoms with E-state index in [1.807, 2.05) is 13.2 Å². The molecule has 0 radical (unpaired) electrons. The van der Waals surface area contributed by atoms with Gasteiger partial charge in [0, 0.05) is 32.4 Å². The first-order chi connectivity index (χ1) is 6.63. The highest BCUT2D eigenvalue weighted by atomic mass is 16.3. The van der Waals surface area contributed by atoms with Gasteiger partial charge >= 0.3 is 0 Å². The second kappa shape index (κ2) is 5.07. The van der Waals surface area contributed by atoms with E-state index in [0.717, 1.165) is 12.2 Å². The summed E-state index contributed by atoms with van der Waals surface area (Å²) in [5.74, 6) is 0. The first-order valence-electron chi connectivity index (χ1n) is 4.83. The summed E-state index contributed by atoms with van der Waals surface area (Å²) < 4.78 is 1.69. The highest BCUT2D eigenvalue weighted by Crippen LogP contribution is 2.04. The van der Waals surface area contributed by atoms with Crippen molar-refractivity contribution >= 4 is 0 Å². The quantitative estimate of drug-likeness (QED) is 0.724. The largest absolute Gasteiger partial charge is 0.395 e. The van der Waals surface area contributed by atoms with Gasteiger partial charge < -0.3 is 5.11 Å². The van der Waals surface area contributed by atoms with E-state index in [2.05, 4.69) is 29.1 Å². The minimum Gasteiger partial charge on any atom is -0.395 e. The number of hydrogen-bond acceptors (Lipinski definition) is 4. The van der Waals surface area contributed by atoms with Gasteiger partial charge in [-0.05, 0) is 13.8 Å². The van der Waals surface area contributed by atoms with Crippen LogP contribution in [-0.4, -0.2) is 44.2 Å². The summed E-state index contributed by atoms with van der Waals surface area (Å²) in [6, 6.07) is 0.407. The van der Waals surface area contributed by atoms with Crippen LogP contribution in [0.3, 0.4) is 0 Å². The Balaban J connectivity index is 2.55. The predicted molar refractivity (Wildman–Crippen MR) is 53.6 cm³/mol. The molecule has 14 heavy (non-hydrogen) atoms. The van der Waals surface area contributed by atoms with E-state index < -0.39 is 0 Å². The maximum Gasteiger partial charge on any atom is 0.0967 e. The van der Waals surface area contributed by atoms with Gasteiger partial charge in [-0.1, -0.05) is 5.21 Å². The molecule has 0 spiro atoms. The molecular formula is C9H18N4O. The molecule has 0 aliphatic heterocycles. The fraction of sp³-hybridized carbons (Fsp3) is 0.778. The molecule has 0 saturated heterocycles. The number of rotatable bonds is 5. The Hall–Kier alpha value is -0.940. The Morgan fingerprint density at radius 3 is 2.71 bits per heavy atom. The third-order valence-corrected chi connectivity index (χ3v) is 2.13. The summed E-state index contributed by atoms with van der Waals surface area (Å²) in [5, 5.41) is 16.8. The summed E-state index contributed by atoms with van der Waals surface area (Å²) in [6.45, 7) is 5.80. The lowest BCUT2D eigenvalue weighted by atomic mass is 10.3. The monoisotopic (exact) mass is 198 g/mol. The van der Waals surface area contributed by atoms with Crippen molar-refractivity contribution in [2.24, 2.45) is 7.05 Å². The summed E-state index contributed by atoms with van der Waals surface area (Å²) in [7, 11) is 1.85. The number of nitrogens with zero attached hydrogens (tertiary/aromatic N) is 4. The molecule has 80 valence electrons. The maximum atomic E-state index is 8.89. The lowest BCUT2D eigenvalue weighted by Gasteiger charge is -2.24. The van der Waals surface area contributed by atoms with Gasteiger partial charge in [0.05, 0.1) is 12.3 Å². The van der Waals surface area contributed by atoms with Crippen molar-refractivity contribution in [2.75, 3.05) is 13.2 Å². The Morgan fingerprint density at radius 1 is 1.57 bits per heavy atom. The molecule has 1 aromatic heterocycles. The van der Waals surface area contributed by atoms with E-state index in [9.17, 15) is 0 Å². The standard InChI is InChI=1S/C9H18N4O/c1-8(2)13(4-5-14)7-9-6-12(3)11-10-9/h6,8,14H,4-5,7H2,1-3H3. The Kier molecular flexibility index (Phi) is 4.03. The zero-order chi connectivity index (χ0) is 10.6. The van der Waals surface area contributed by atoms with Crippen LogP contribution in [0.2, 0.25) is 0 Å². The van der Waals surface area contributed by atoms with E-state index in [0.29, 0.717) is 12.6 Å². The normalized spacial score (nSPS) is 11.6. The minimum absolute atomic E-state index is 0.179. The molecule has 1 aromatic rings. The van der Waals surface area contributed by atoms with Gasteiger partial charge in [0.2, 0.25) is 0 Å². The topological polar surface area (TPSA) is 54.2 Å². The van der Waals surface area contributed by atoms with E-state index >= 15 is 0 Å². The molecule has 0 aromatic carbocycles. The molecule has 0 saturated carbocycles. The van der Waals surface area contributed by atoms with Crippen LogP contribution in [0.5, 0.6) is 0 Å². The van der Waals surface area contributed by atoms with E-state index in [1.165, 1.54) is 0 Å². The van der Waals surface area contributed by atoms with Crippen LogP contribution in [0.4, 0.5) is 0 Å². The summed E-state index contributed by atoms with van der Waals surface area (Å²) >= 11 is 0. The van der Waals surface area contributed by atoms with E-state index in [1.54, 1.807) is 4.68 Å². The first-order valence-corrected chi connectivity index (χ1v) is 4.83. The average molecular weight is 198 g/mol. The molecular weight excluding hydrogens is 180 g/mol. The van der Waals surface area contributed by atoms with Crippen LogP contribution in [0.25, 0.3) is 0 Å². The van der Waals surface area contributed by atoms with Crippen molar-refractivity contribution in [1.29, 1.82) is 0 Å². The Labute approximate surface area is 84.3 Å². The molecule has 0 unspecified atom stereocenters. The van der Waals surface area contributed by atoms with Crippen molar-refractivity contribution < 1.29 is 5.11 Å². The number of aryl methyl sites for hydroxylation is 1. The molecule has 0 bridgehead atoms. The van der Waals surface area contributed by atoms with Gasteiger partial charge in [0.25, 0.3) is 0 Å². The van der Waals surface area contributed by atoms with Crippen LogP contribution >= 0.6 is 0 Å². The van der Waals surface area contributed by atoms with E-state index in [-0.39, 0.29) is 6.61 Å². The third kappa shape index (κ3) is 3.08. The Bertz CT molecular complexity index is 272. The van der Waals surface area contributed by atoms with Crippen LogP contribution in [-0.2, 0) is 13.6 Å². The van der Waals surface area contributed by atoms with Crippen LogP contribution in [0, 0.1) is 0 Å². The molecule has 0 aliphatic carbocycles. The summed E-state index contributed by atoms with van der Waals surface area (Å²) in [4.78, 5) is 2.16. The number of aromatic nitrogens is 3. The number of hydrogen-bond donors (Lipinski definition) is 1. The fourth-order valence-corrected chi connectivity index (χ4v) is 1.32. The fourth-order valence-electron chi connectivity index (χ4n) is 1.32. The zero-order valence-corrected chi connectivity index (χ0v) is 9.01. The van der Waals surface area contributed by atoms with Crippen LogP contribution in [0.1, 0.15) is 19.5 Å². The molecule has 5 nitrogen and oxygen atoms in total. The minimum atomic E-state index is 0.179. The van der Waals surface area contributed by atoms with Crippen molar-refractivity contribution in [2.45, 2.75) is 26.4 Å². The molecule has 1 heterocycles. The van der Waals surface area contributed by atoms with Gasteiger partial charge in [-0.25, -0.2) is 0 Å². The predicted octanol–water partition coefficient (Wildman–Crippen LogP) is 0.0178. The summed E-state index contributed by atoms with van der Waals surface area (Å²) in [5.41, 5.74) is 0.939. The van der Waals surface area contributed by atoms with Crippen molar-refractivity contribution in [1.82, 2.24) is 19.9 Å². The highest BCUT2D eigenvalue weighted by Gasteiger charge is 2.10. The lowest BCUT2D eigenvalue weighted by molar-refractivity contribution is 0.158. The van der Waals surface area contributed by atoms with Gasteiger partial charge in [0.15, 0.2) is 0 Å². The van der Waals surface area contributed by atoms with Crippen LogP contribution in [0.15, 0.2) is 6.20 Å². The van der Waals surface area contributed by atoms with Crippen molar-refractivity contribution in [3.8, 4) is 0 Å². The van der Waals surface area contributed by atoms with Gasteiger partial charge in [-0.15, -0.1) is 5.10 Å². The molecule has 0 amide bonds. The Morgan fingerprint density at radius 2 is 2.29 bits per heavy atom. The molecule has 1 rings (SSSR count). The second-order valence-corrected chi connectivity index (χ2v) is 3.67. The lowest BCUT2D eigenvalue weighted by Crippen LogP contribution is -2.33. The second-order valence-electron chi connectivity index (χ2n) is 3.67. The van der Waals surface area contributed by atoms with Gasteiger partial charge in [-0.2, -0.15) is 0 Å². The molecule has 0 aliphatic rings. The molecule has 5 heteroatoms. The average Bonchev–Trinajstić information content (AvgIpc) is 2.50. The molecule has 0 fully saturated rings. The number of aliphatic hydroxyl groups is 1. The zero-order valence-electron chi connectivity index (χ0n) is 9.01. The highest BCUT2D eigenvalue weighted by molar-refractivity contribution is 4.92. The third-order valence-electron chi connectivity index (χ3n) is 2.13. The van der Waals surface area contributed by atoms with Gasteiger partial charge in [0.1, 0.15) is 0 Å². The maximum absolute atomic E-state index is 8.89. The molecule has 1 N–H and O–H groups in total. The van der Waals surface area contributed by atoms with Crippen molar-refractivity contribution in [3.63, 3.8) is 0 Å². The summed E-state index contributed by atoms with van der Waals surface area (Å²) in [6.07, 6.45) is 1.90. The SMILES string of the molecule is CC(C)N(CCO)Cc1cn(C)nn1.